The third-order valence-corrected chi connectivity index (χ3v) is 4.19. The van der Waals surface area contributed by atoms with Gasteiger partial charge in [-0.2, -0.15) is 18.3 Å². The normalized spacial score (nSPS) is 12.3. The number of rotatable bonds is 4. The Morgan fingerprint density at radius 1 is 1.16 bits per heavy atom. The summed E-state index contributed by atoms with van der Waals surface area (Å²) in [6.45, 7) is 1.08. The van der Waals surface area contributed by atoms with Gasteiger partial charge in [0.2, 0.25) is 0 Å². The van der Waals surface area contributed by atoms with Gasteiger partial charge in [-0.15, -0.1) is 0 Å². The number of likely N-dealkylation sites (N-methyl/N-ethyl adjacent to an activating group) is 1. The fourth-order valence-electron chi connectivity index (χ4n) is 2.61. The molecule has 0 aliphatic rings. The Morgan fingerprint density at radius 3 is 2.44 bits per heavy atom. The largest absolute Gasteiger partial charge is 0.417 e. The van der Waals surface area contributed by atoms with E-state index in [0.29, 0.717) is 24.3 Å². The Labute approximate surface area is 151 Å². The van der Waals surface area contributed by atoms with Gasteiger partial charge in [0.15, 0.2) is 5.65 Å². The van der Waals surface area contributed by atoms with Crippen LogP contribution in [0, 0.1) is 0 Å². The van der Waals surface area contributed by atoms with E-state index in [1.807, 2.05) is 25.1 Å². The van der Waals surface area contributed by atoms with Gasteiger partial charge in [0.25, 0.3) is 0 Å². The predicted octanol–water partition coefficient (Wildman–Crippen LogP) is 4.44. The molecule has 2 heterocycles. The molecule has 2 aromatic heterocycles. The van der Waals surface area contributed by atoms with Crippen molar-refractivity contribution in [2.45, 2.75) is 12.7 Å². The van der Waals surface area contributed by atoms with E-state index in [2.05, 4.69) is 26.0 Å². The summed E-state index contributed by atoms with van der Waals surface area (Å²) < 4.78 is 42.5. The summed E-state index contributed by atoms with van der Waals surface area (Å²) in [6, 6.07) is 9.88. The van der Waals surface area contributed by atoms with Crippen LogP contribution in [0.25, 0.3) is 22.3 Å². The average molecular weight is 413 g/mol. The molecule has 0 bridgehead atoms. The van der Waals surface area contributed by atoms with Crippen LogP contribution in [0.3, 0.4) is 0 Å². The first-order valence-corrected chi connectivity index (χ1v) is 8.41. The van der Waals surface area contributed by atoms with Crippen LogP contribution >= 0.6 is 15.9 Å². The van der Waals surface area contributed by atoms with Gasteiger partial charge < -0.3 is 4.90 Å². The number of benzene rings is 1. The quantitative estimate of drug-likeness (QED) is 0.594. The first kappa shape index (κ1) is 17.9. The molecule has 0 unspecified atom stereocenters. The monoisotopic (exact) mass is 412 g/mol. The predicted molar refractivity (Wildman–Crippen MR) is 94.2 cm³/mol. The van der Waals surface area contributed by atoms with Crippen LogP contribution in [-0.2, 0) is 12.7 Å². The topological polar surface area (TPSA) is 34.0 Å². The maximum Gasteiger partial charge on any atom is 0.417 e. The molecule has 3 aromatic rings. The number of fused-ring (bicyclic) bond motifs is 1. The minimum absolute atomic E-state index is 0.0284. The van der Waals surface area contributed by atoms with Crippen LogP contribution in [-0.4, -0.2) is 40.3 Å². The number of halogens is 4. The fraction of sp³-hybridized carbons (Fsp3) is 0.294. The fourth-order valence-corrected chi connectivity index (χ4v) is 3.01. The van der Waals surface area contributed by atoms with Gasteiger partial charge >= 0.3 is 6.18 Å². The molecule has 0 spiro atoms. The molecule has 0 saturated carbocycles. The van der Waals surface area contributed by atoms with Crippen LogP contribution in [0.15, 0.2) is 41.0 Å². The Bertz CT molecular complexity index is 888. The van der Waals surface area contributed by atoms with E-state index in [1.165, 1.54) is 4.68 Å². The van der Waals surface area contributed by atoms with E-state index in [4.69, 9.17) is 0 Å². The van der Waals surface area contributed by atoms with E-state index >= 15 is 0 Å². The van der Waals surface area contributed by atoms with Gasteiger partial charge in [-0.05, 0) is 36.1 Å². The molecule has 0 aliphatic heterocycles. The standard InChI is InChI=1S/C17H16BrF3N4/c1-24(2)8-9-25-16-14(12(17(19,20)21)10-13(18)22-16)15(23-25)11-6-4-3-5-7-11/h3-7,10H,8-9H2,1-2H3. The number of hydrogen-bond acceptors (Lipinski definition) is 3. The van der Waals surface area contributed by atoms with Gasteiger partial charge in [0.05, 0.1) is 17.5 Å². The van der Waals surface area contributed by atoms with E-state index in [-0.39, 0.29) is 15.6 Å². The molecule has 0 atom stereocenters. The van der Waals surface area contributed by atoms with Crippen molar-refractivity contribution in [2.75, 3.05) is 20.6 Å². The summed E-state index contributed by atoms with van der Waals surface area (Å²) in [4.78, 5) is 6.22. The number of hydrogen-bond donors (Lipinski definition) is 0. The van der Waals surface area contributed by atoms with Crippen LogP contribution in [0.4, 0.5) is 13.2 Å². The minimum Gasteiger partial charge on any atom is -0.308 e. The number of nitrogens with zero attached hydrogens (tertiary/aromatic N) is 4. The second-order valence-electron chi connectivity index (χ2n) is 5.93. The average Bonchev–Trinajstić information content (AvgIpc) is 2.90. The molecule has 3 rings (SSSR count). The van der Waals surface area contributed by atoms with Gasteiger partial charge in [0.1, 0.15) is 10.3 Å². The lowest BCUT2D eigenvalue weighted by Gasteiger charge is -2.11. The second-order valence-corrected chi connectivity index (χ2v) is 6.74. The van der Waals surface area contributed by atoms with E-state index in [0.717, 1.165) is 6.07 Å². The van der Waals surface area contributed by atoms with Crippen molar-refractivity contribution in [3.05, 3.63) is 46.6 Å². The summed E-state index contributed by atoms with van der Waals surface area (Å²) in [5.41, 5.74) is 0.411. The van der Waals surface area contributed by atoms with Crippen molar-refractivity contribution in [3.63, 3.8) is 0 Å². The van der Waals surface area contributed by atoms with Crippen LogP contribution < -0.4 is 0 Å². The molecule has 0 aliphatic carbocycles. The van der Waals surface area contributed by atoms with E-state index < -0.39 is 11.7 Å². The molecule has 0 saturated heterocycles. The Kier molecular flexibility index (Phi) is 4.83. The lowest BCUT2D eigenvalue weighted by atomic mass is 10.1. The smallest absolute Gasteiger partial charge is 0.308 e. The summed E-state index contributed by atoms with van der Waals surface area (Å²) in [6.07, 6.45) is -4.50. The lowest BCUT2D eigenvalue weighted by molar-refractivity contribution is -0.136. The van der Waals surface area contributed by atoms with Gasteiger partial charge in [0, 0.05) is 12.1 Å². The molecule has 8 heteroatoms. The summed E-state index contributed by atoms with van der Waals surface area (Å²) in [7, 11) is 3.79. The molecule has 25 heavy (non-hydrogen) atoms. The van der Waals surface area contributed by atoms with Crippen molar-refractivity contribution >= 4 is 27.0 Å². The van der Waals surface area contributed by atoms with Crippen molar-refractivity contribution in [3.8, 4) is 11.3 Å². The van der Waals surface area contributed by atoms with E-state index in [1.54, 1.807) is 24.3 Å². The van der Waals surface area contributed by atoms with Gasteiger partial charge in [-0.3, -0.25) is 0 Å². The molecule has 4 nitrogen and oxygen atoms in total. The zero-order chi connectivity index (χ0) is 18.2. The van der Waals surface area contributed by atoms with Crippen LogP contribution in [0.2, 0.25) is 0 Å². The highest BCUT2D eigenvalue weighted by molar-refractivity contribution is 9.10. The Morgan fingerprint density at radius 2 is 1.84 bits per heavy atom. The zero-order valence-electron chi connectivity index (χ0n) is 13.7. The SMILES string of the molecule is CN(C)CCn1nc(-c2ccccc2)c2c(C(F)(F)F)cc(Br)nc21. The lowest BCUT2D eigenvalue weighted by Crippen LogP contribution is -2.19. The second kappa shape index (κ2) is 6.76. The first-order chi connectivity index (χ1) is 11.8. The van der Waals surface area contributed by atoms with Crippen molar-refractivity contribution in [2.24, 2.45) is 0 Å². The van der Waals surface area contributed by atoms with E-state index in [9.17, 15) is 13.2 Å². The zero-order valence-corrected chi connectivity index (χ0v) is 15.3. The molecular formula is C17H16BrF3N4. The van der Waals surface area contributed by atoms with Gasteiger partial charge in [-0.1, -0.05) is 30.3 Å². The molecule has 132 valence electrons. The van der Waals surface area contributed by atoms with Crippen molar-refractivity contribution in [1.82, 2.24) is 19.7 Å². The number of pyridine rings is 1. The van der Waals surface area contributed by atoms with Crippen molar-refractivity contribution < 1.29 is 13.2 Å². The summed E-state index contributed by atoms with van der Waals surface area (Å²) in [5.74, 6) is 0. The maximum atomic E-state index is 13.6. The van der Waals surface area contributed by atoms with Crippen LogP contribution in [0.1, 0.15) is 5.56 Å². The third-order valence-electron chi connectivity index (χ3n) is 3.78. The minimum atomic E-state index is -4.50. The summed E-state index contributed by atoms with van der Waals surface area (Å²) in [5, 5.41) is 4.48. The molecule has 1 aromatic carbocycles. The number of aromatic nitrogens is 3. The highest BCUT2D eigenvalue weighted by Crippen LogP contribution is 2.40. The van der Waals surface area contributed by atoms with Gasteiger partial charge in [-0.25, -0.2) is 9.67 Å². The Balaban J connectivity index is 2.30. The summed E-state index contributed by atoms with van der Waals surface area (Å²) >= 11 is 3.09. The molecule has 0 amide bonds. The van der Waals surface area contributed by atoms with Crippen molar-refractivity contribution in [1.29, 1.82) is 0 Å². The maximum absolute atomic E-state index is 13.6. The highest BCUT2D eigenvalue weighted by Gasteiger charge is 2.36. The molecule has 0 radical (unpaired) electrons. The molecule has 0 N–H and O–H groups in total. The highest BCUT2D eigenvalue weighted by atomic mass is 79.9. The first-order valence-electron chi connectivity index (χ1n) is 7.62. The molecular weight excluding hydrogens is 397 g/mol. The molecule has 0 fully saturated rings. The third kappa shape index (κ3) is 3.69. The van der Waals surface area contributed by atoms with Crippen LogP contribution in [0.5, 0.6) is 0 Å². The number of alkyl halides is 3. The Hall–Kier alpha value is -1.93.